The average molecular weight is 373 g/mol. The first-order valence-corrected chi connectivity index (χ1v) is 9.55. The molecule has 2 aromatic carbocycles. The van der Waals surface area contributed by atoms with E-state index in [2.05, 4.69) is 40.5 Å². The number of alkyl halides is 2. The Labute approximate surface area is 158 Å². The number of nitrogens with zero attached hydrogens (tertiary/aromatic N) is 2. The number of carbonyl (C=O) groups excluding carboxylic acids is 1. The van der Waals surface area contributed by atoms with E-state index in [1.165, 1.54) is 15.7 Å². The lowest BCUT2D eigenvalue weighted by molar-refractivity contribution is -0.134. The molecule has 0 unspecified atom stereocenters. The second-order valence-corrected chi connectivity index (χ2v) is 7.86. The zero-order valence-electron chi connectivity index (χ0n) is 15.5. The summed E-state index contributed by atoms with van der Waals surface area (Å²) in [6, 6.07) is 14.4. The van der Waals surface area contributed by atoms with E-state index in [4.69, 9.17) is 0 Å². The first kappa shape index (κ1) is 18.2. The summed E-state index contributed by atoms with van der Waals surface area (Å²) in [7, 11) is 0. The Bertz CT molecular complexity index is 841. The minimum Gasteiger partial charge on any atom is -0.381 e. The van der Waals surface area contributed by atoms with Gasteiger partial charge in [-0.25, -0.2) is 8.78 Å². The van der Waals surface area contributed by atoms with Gasteiger partial charge >= 0.3 is 0 Å². The van der Waals surface area contributed by atoms with Crippen LogP contribution in [0.25, 0.3) is 10.8 Å². The van der Waals surface area contributed by atoms with E-state index in [1.807, 2.05) is 12.1 Å². The maximum Gasteiger partial charge on any atom is 0.267 e. The quantitative estimate of drug-likeness (QED) is 0.890. The molecular formula is C21H25F2N3O. The lowest BCUT2D eigenvalue weighted by Crippen LogP contribution is -2.42. The second-order valence-electron chi connectivity index (χ2n) is 7.86. The van der Waals surface area contributed by atoms with Crippen molar-refractivity contribution in [1.82, 2.24) is 9.80 Å². The van der Waals surface area contributed by atoms with Crippen LogP contribution in [-0.4, -0.2) is 59.9 Å². The highest BCUT2D eigenvalue weighted by Crippen LogP contribution is 2.32. The Morgan fingerprint density at radius 3 is 2.74 bits per heavy atom. The van der Waals surface area contributed by atoms with Crippen molar-refractivity contribution in [3.8, 4) is 0 Å². The van der Waals surface area contributed by atoms with Gasteiger partial charge < -0.3 is 10.2 Å². The molecule has 2 aliphatic rings. The first-order valence-electron chi connectivity index (χ1n) is 9.55. The number of amides is 1. The minimum absolute atomic E-state index is 0.189. The number of likely N-dealkylation sites (tertiary alicyclic amines) is 2. The molecule has 0 aromatic heterocycles. The molecule has 0 radical (unpaired) electrons. The maximum atomic E-state index is 13.5. The Morgan fingerprint density at radius 1 is 1.22 bits per heavy atom. The smallest absolute Gasteiger partial charge is 0.267 e. The number of rotatable bonds is 4. The van der Waals surface area contributed by atoms with E-state index in [1.54, 1.807) is 6.92 Å². The summed E-state index contributed by atoms with van der Waals surface area (Å²) in [4.78, 5) is 15.8. The summed E-state index contributed by atoms with van der Waals surface area (Å²) in [6.07, 6.45) is 0.705. The van der Waals surface area contributed by atoms with Gasteiger partial charge in [0.25, 0.3) is 5.92 Å². The van der Waals surface area contributed by atoms with E-state index >= 15 is 0 Å². The highest BCUT2D eigenvalue weighted by atomic mass is 19.3. The van der Waals surface area contributed by atoms with Gasteiger partial charge in [0.2, 0.25) is 5.91 Å². The van der Waals surface area contributed by atoms with Crippen LogP contribution < -0.4 is 5.32 Å². The largest absolute Gasteiger partial charge is 0.381 e. The van der Waals surface area contributed by atoms with Crippen molar-refractivity contribution in [1.29, 1.82) is 0 Å². The predicted octanol–water partition coefficient (Wildman–Crippen LogP) is 3.58. The van der Waals surface area contributed by atoms with Gasteiger partial charge in [0.15, 0.2) is 0 Å². The summed E-state index contributed by atoms with van der Waals surface area (Å²) in [5.74, 6) is -2.94. The molecule has 4 rings (SSSR count). The molecule has 2 aromatic rings. The fourth-order valence-electron chi connectivity index (χ4n) is 4.24. The summed E-state index contributed by atoms with van der Waals surface area (Å²) >= 11 is 0. The molecule has 2 heterocycles. The molecule has 144 valence electrons. The van der Waals surface area contributed by atoms with Crippen LogP contribution in [0.4, 0.5) is 14.5 Å². The Hall–Kier alpha value is -2.21. The summed E-state index contributed by atoms with van der Waals surface area (Å²) in [6.45, 7) is 3.02. The molecule has 4 nitrogen and oxygen atoms in total. The van der Waals surface area contributed by atoms with Crippen LogP contribution in [0, 0.1) is 0 Å². The number of carbonyl (C=O) groups is 1. The number of hydrogen-bond donors (Lipinski definition) is 1. The zero-order chi connectivity index (χ0) is 19.0. The second kappa shape index (κ2) is 7.08. The summed E-state index contributed by atoms with van der Waals surface area (Å²) < 4.78 is 27.0. The van der Waals surface area contributed by atoms with E-state index < -0.39 is 12.5 Å². The minimum atomic E-state index is -2.75. The molecule has 2 atom stereocenters. The van der Waals surface area contributed by atoms with Crippen LogP contribution in [-0.2, 0) is 4.79 Å². The van der Waals surface area contributed by atoms with Crippen LogP contribution in [0.3, 0.4) is 0 Å². The van der Waals surface area contributed by atoms with Gasteiger partial charge in [0.1, 0.15) is 0 Å². The molecule has 6 heteroatoms. The zero-order valence-corrected chi connectivity index (χ0v) is 15.5. The molecule has 0 saturated carbocycles. The number of anilines is 1. The summed E-state index contributed by atoms with van der Waals surface area (Å²) in [5.41, 5.74) is 1.07. The van der Waals surface area contributed by atoms with Gasteiger partial charge in [-0.05, 0) is 36.2 Å². The van der Waals surface area contributed by atoms with Gasteiger partial charge in [0, 0.05) is 37.3 Å². The molecule has 2 saturated heterocycles. The van der Waals surface area contributed by atoms with Crippen LogP contribution >= 0.6 is 0 Å². The van der Waals surface area contributed by atoms with E-state index in [0.29, 0.717) is 0 Å². The molecule has 2 fully saturated rings. The van der Waals surface area contributed by atoms with Gasteiger partial charge in [-0.2, -0.15) is 0 Å². The van der Waals surface area contributed by atoms with Gasteiger partial charge in [0.05, 0.1) is 13.1 Å². The van der Waals surface area contributed by atoms with Crippen molar-refractivity contribution in [2.45, 2.75) is 37.8 Å². The Kier molecular flexibility index (Phi) is 4.76. The van der Waals surface area contributed by atoms with Gasteiger partial charge in [-0.3, -0.25) is 9.69 Å². The normalized spacial score (nSPS) is 25.2. The van der Waals surface area contributed by atoms with Crippen molar-refractivity contribution in [2.24, 2.45) is 0 Å². The Morgan fingerprint density at radius 2 is 2.00 bits per heavy atom. The monoisotopic (exact) mass is 373 g/mol. The lowest BCUT2D eigenvalue weighted by atomic mass is 10.1. The van der Waals surface area contributed by atoms with Crippen LogP contribution in [0.5, 0.6) is 0 Å². The number of hydrogen-bond acceptors (Lipinski definition) is 3. The standard InChI is InChI=1S/C21H25F2N3O/c1-15-11-21(22,23)14-26(15)20(27)13-25-9-8-19(12-25)24-18-7-6-16-4-2-3-5-17(16)10-18/h2-7,10,15,19,24H,8-9,11-14H2,1H3/t15-,19+/m1/s1. The Balaban J connectivity index is 1.32. The lowest BCUT2D eigenvalue weighted by Gasteiger charge is -2.24. The molecule has 0 bridgehead atoms. The third-order valence-electron chi connectivity index (χ3n) is 5.60. The molecule has 27 heavy (non-hydrogen) atoms. The van der Waals surface area contributed by atoms with Gasteiger partial charge in [-0.15, -0.1) is 0 Å². The van der Waals surface area contributed by atoms with E-state index in [9.17, 15) is 13.6 Å². The highest BCUT2D eigenvalue weighted by Gasteiger charge is 2.45. The molecule has 0 aliphatic carbocycles. The number of halogens is 2. The molecule has 1 amide bonds. The number of nitrogens with one attached hydrogen (secondary N) is 1. The van der Waals surface area contributed by atoms with E-state index in [-0.39, 0.29) is 31.0 Å². The summed E-state index contributed by atoms with van der Waals surface area (Å²) in [5, 5.41) is 5.94. The van der Waals surface area contributed by atoms with E-state index in [0.717, 1.165) is 25.2 Å². The fraction of sp³-hybridized carbons (Fsp3) is 0.476. The fourth-order valence-corrected chi connectivity index (χ4v) is 4.24. The average Bonchev–Trinajstić information content (AvgIpc) is 3.17. The topological polar surface area (TPSA) is 35.6 Å². The molecule has 1 N–H and O–H groups in total. The van der Waals surface area contributed by atoms with Crippen LogP contribution in [0.2, 0.25) is 0 Å². The number of benzene rings is 2. The third-order valence-corrected chi connectivity index (χ3v) is 5.60. The molecule has 2 aliphatic heterocycles. The van der Waals surface area contributed by atoms with Crippen molar-refractivity contribution in [3.63, 3.8) is 0 Å². The van der Waals surface area contributed by atoms with Crippen molar-refractivity contribution < 1.29 is 13.6 Å². The SMILES string of the molecule is C[C@@H]1CC(F)(F)CN1C(=O)CN1CC[C@H](Nc2ccc3ccccc3c2)C1. The predicted molar refractivity (Wildman–Crippen MR) is 103 cm³/mol. The maximum absolute atomic E-state index is 13.5. The van der Waals surface area contributed by atoms with Crippen molar-refractivity contribution >= 4 is 22.4 Å². The highest BCUT2D eigenvalue weighted by molar-refractivity contribution is 5.85. The number of fused-ring (bicyclic) bond motifs is 1. The van der Waals surface area contributed by atoms with Crippen molar-refractivity contribution in [3.05, 3.63) is 42.5 Å². The third kappa shape index (κ3) is 4.05. The van der Waals surface area contributed by atoms with Crippen LogP contribution in [0.1, 0.15) is 19.8 Å². The first-order chi connectivity index (χ1) is 12.9. The van der Waals surface area contributed by atoms with Crippen molar-refractivity contribution in [2.75, 3.05) is 31.5 Å². The van der Waals surface area contributed by atoms with Crippen LogP contribution in [0.15, 0.2) is 42.5 Å². The molecule has 0 spiro atoms. The molecular weight excluding hydrogens is 348 g/mol. The van der Waals surface area contributed by atoms with Gasteiger partial charge in [-0.1, -0.05) is 30.3 Å².